The fourth-order valence-corrected chi connectivity index (χ4v) is 3.33. The summed E-state index contributed by atoms with van der Waals surface area (Å²) in [6, 6.07) is 11.3. The van der Waals surface area contributed by atoms with Crippen molar-refractivity contribution in [3.8, 4) is 11.5 Å². The van der Waals surface area contributed by atoms with Gasteiger partial charge >= 0.3 is 0 Å². The highest BCUT2D eigenvalue weighted by molar-refractivity contribution is 6.38. The lowest BCUT2D eigenvalue weighted by molar-refractivity contribution is 0.415. The lowest BCUT2D eigenvalue weighted by Crippen LogP contribution is -1.93. The van der Waals surface area contributed by atoms with Crippen LogP contribution in [0.15, 0.2) is 36.4 Å². The molecule has 0 N–H and O–H groups in total. The maximum Gasteiger partial charge on any atom is 0.137 e. The molecule has 2 heterocycles. The molecule has 0 aliphatic carbocycles. The first kappa shape index (κ1) is 15.2. The van der Waals surface area contributed by atoms with Crippen LogP contribution < -0.4 is 9.47 Å². The second-order valence-corrected chi connectivity index (χ2v) is 6.04. The van der Waals surface area contributed by atoms with Gasteiger partial charge in [-0.05, 0) is 36.4 Å². The summed E-state index contributed by atoms with van der Waals surface area (Å²) < 4.78 is 10.5. The Labute approximate surface area is 147 Å². The maximum atomic E-state index is 6.41. The first-order valence-corrected chi connectivity index (χ1v) is 7.98. The van der Waals surface area contributed by atoms with Crippen LogP contribution in [0.2, 0.25) is 10.3 Å². The second kappa shape index (κ2) is 5.65. The first-order chi connectivity index (χ1) is 11.6. The maximum absolute atomic E-state index is 6.41. The van der Waals surface area contributed by atoms with Crippen molar-refractivity contribution in [1.82, 2.24) is 9.97 Å². The van der Waals surface area contributed by atoms with Crippen LogP contribution in [0.3, 0.4) is 0 Å². The van der Waals surface area contributed by atoms with Crippen LogP contribution in [0, 0.1) is 0 Å². The Morgan fingerprint density at radius 3 is 1.46 bits per heavy atom. The largest absolute Gasteiger partial charge is 0.497 e. The van der Waals surface area contributed by atoms with Gasteiger partial charge in [0.25, 0.3) is 0 Å². The van der Waals surface area contributed by atoms with Gasteiger partial charge in [-0.2, -0.15) is 0 Å². The topological polar surface area (TPSA) is 44.2 Å². The molecule has 0 atom stereocenters. The molecular formula is C18H12Cl2N2O2. The second-order valence-electron chi connectivity index (χ2n) is 5.33. The van der Waals surface area contributed by atoms with E-state index in [1.165, 1.54) is 0 Å². The van der Waals surface area contributed by atoms with Crippen LogP contribution in [-0.4, -0.2) is 24.2 Å². The van der Waals surface area contributed by atoms with E-state index in [1.54, 1.807) is 14.2 Å². The van der Waals surface area contributed by atoms with Crippen molar-refractivity contribution in [2.75, 3.05) is 14.2 Å². The van der Waals surface area contributed by atoms with E-state index in [4.69, 9.17) is 32.7 Å². The van der Waals surface area contributed by atoms with Gasteiger partial charge in [0.1, 0.15) is 21.8 Å². The van der Waals surface area contributed by atoms with Crippen LogP contribution in [-0.2, 0) is 0 Å². The summed E-state index contributed by atoms with van der Waals surface area (Å²) in [4.78, 5) is 9.10. The molecule has 0 aliphatic heterocycles. The van der Waals surface area contributed by atoms with Crippen molar-refractivity contribution in [3.05, 3.63) is 46.7 Å². The molecule has 0 radical (unpaired) electrons. The van der Waals surface area contributed by atoms with Crippen LogP contribution >= 0.6 is 23.2 Å². The Bertz CT molecular complexity index is 1020. The third-order valence-electron chi connectivity index (χ3n) is 4.05. The zero-order valence-corrected chi connectivity index (χ0v) is 14.4. The van der Waals surface area contributed by atoms with Crippen LogP contribution in [0.4, 0.5) is 0 Å². The smallest absolute Gasteiger partial charge is 0.137 e. The third-order valence-corrected chi connectivity index (χ3v) is 4.63. The number of ether oxygens (including phenoxy) is 2. The molecule has 2 aromatic heterocycles. The Morgan fingerprint density at radius 1 is 0.667 bits per heavy atom. The molecule has 4 aromatic rings. The molecule has 0 fully saturated rings. The zero-order valence-electron chi connectivity index (χ0n) is 12.9. The van der Waals surface area contributed by atoms with E-state index in [0.29, 0.717) is 32.8 Å². The van der Waals surface area contributed by atoms with Crippen molar-refractivity contribution >= 4 is 55.8 Å². The molecule has 2 aromatic carbocycles. The normalized spacial score (nSPS) is 11.3. The molecule has 0 saturated heterocycles. The minimum absolute atomic E-state index is 0.401. The van der Waals surface area contributed by atoms with Gasteiger partial charge in [0, 0.05) is 21.5 Å². The number of rotatable bonds is 2. The lowest BCUT2D eigenvalue weighted by atomic mass is 10.1. The fourth-order valence-electron chi connectivity index (χ4n) is 2.85. The fraction of sp³-hybridized carbons (Fsp3) is 0.111. The predicted molar refractivity (Wildman–Crippen MR) is 97.7 cm³/mol. The highest BCUT2D eigenvalue weighted by Gasteiger charge is 2.15. The molecule has 0 bridgehead atoms. The third kappa shape index (κ3) is 2.22. The summed E-state index contributed by atoms with van der Waals surface area (Å²) in [6.07, 6.45) is 0. The van der Waals surface area contributed by atoms with Crippen molar-refractivity contribution in [2.45, 2.75) is 0 Å². The average Bonchev–Trinajstić information content (AvgIpc) is 2.62. The van der Waals surface area contributed by atoms with Gasteiger partial charge in [0.2, 0.25) is 0 Å². The molecule has 0 aliphatic rings. The molecular weight excluding hydrogens is 347 g/mol. The molecule has 0 amide bonds. The molecule has 120 valence electrons. The number of methoxy groups -OCH3 is 2. The van der Waals surface area contributed by atoms with Gasteiger partial charge < -0.3 is 9.47 Å². The molecule has 4 nitrogen and oxygen atoms in total. The summed E-state index contributed by atoms with van der Waals surface area (Å²) in [5.41, 5.74) is 1.42. The van der Waals surface area contributed by atoms with Crippen LogP contribution in [0.5, 0.6) is 11.5 Å². The van der Waals surface area contributed by atoms with Crippen LogP contribution in [0.1, 0.15) is 0 Å². The van der Waals surface area contributed by atoms with Crippen molar-refractivity contribution in [1.29, 1.82) is 0 Å². The first-order valence-electron chi connectivity index (χ1n) is 7.22. The van der Waals surface area contributed by atoms with Gasteiger partial charge in [-0.3, -0.25) is 0 Å². The molecule has 24 heavy (non-hydrogen) atoms. The van der Waals surface area contributed by atoms with E-state index in [2.05, 4.69) is 9.97 Å². The standard InChI is InChI=1S/C18H12Cl2N2O2/c1-23-9-3-5-11-13(7-9)17(19)21-16-12-6-4-10(24-2)8-14(12)18(20)22-15(11)16/h3-8H,1-2H3. The number of aromatic nitrogens is 2. The van der Waals surface area contributed by atoms with E-state index in [-0.39, 0.29) is 0 Å². The summed E-state index contributed by atoms with van der Waals surface area (Å²) in [5, 5.41) is 4.12. The summed E-state index contributed by atoms with van der Waals surface area (Å²) in [6.45, 7) is 0. The van der Waals surface area contributed by atoms with E-state index in [0.717, 1.165) is 21.5 Å². The molecule has 6 heteroatoms. The zero-order chi connectivity index (χ0) is 16.8. The summed E-state index contributed by atoms with van der Waals surface area (Å²) >= 11 is 12.8. The number of pyridine rings is 2. The monoisotopic (exact) mass is 358 g/mol. The summed E-state index contributed by atoms with van der Waals surface area (Å²) in [7, 11) is 3.22. The summed E-state index contributed by atoms with van der Waals surface area (Å²) in [5.74, 6) is 1.42. The highest BCUT2D eigenvalue weighted by atomic mass is 35.5. The molecule has 0 spiro atoms. The predicted octanol–water partition coefficient (Wildman–Crippen LogP) is 5.26. The Kier molecular flexibility index (Phi) is 3.59. The number of nitrogens with zero attached hydrogens (tertiary/aromatic N) is 2. The Balaban J connectivity index is 2.18. The minimum atomic E-state index is 0.401. The van der Waals surface area contributed by atoms with Crippen molar-refractivity contribution < 1.29 is 9.47 Å². The van der Waals surface area contributed by atoms with Crippen LogP contribution in [0.25, 0.3) is 32.6 Å². The lowest BCUT2D eigenvalue weighted by Gasteiger charge is -2.11. The van der Waals surface area contributed by atoms with Gasteiger partial charge in [0.05, 0.1) is 25.3 Å². The Morgan fingerprint density at radius 2 is 1.08 bits per heavy atom. The van der Waals surface area contributed by atoms with E-state index < -0.39 is 0 Å². The van der Waals surface area contributed by atoms with E-state index in [1.807, 2.05) is 36.4 Å². The van der Waals surface area contributed by atoms with Crippen molar-refractivity contribution in [2.24, 2.45) is 0 Å². The minimum Gasteiger partial charge on any atom is -0.497 e. The number of halogens is 2. The van der Waals surface area contributed by atoms with Gasteiger partial charge in [0.15, 0.2) is 0 Å². The van der Waals surface area contributed by atoms with Gasteiger partial charge in [-0.25, -0.2) is 9.97 Å². The van der Waals surface area contributed by atoms with E-state index >= 15 is 0 Å². The number of fused-ring (bicyclic) bond motifs is 5. The Hall–Kier alpha value is -2.30. The number of hydrogen-bond donors (Lipinski definition) is 0. The molecule has 0 unspecified atom stereocenters. The molecule has 0 saturated carbocycles. The highest BCUT2D eigenvalue weighted by Crippen LogP contribution is 2.37. The average molecular weight is 359 g/mol. The molecule has 4 rings (SSSR count). The van der Waals surface area contributed by atoms with Gasteiger partial charge in [-0.15, -0.1) is 0 Å². The van der Waals surface area contributed by atoms with E-state index in [9.17, 15) is 0 Å². The van der Waals surface area contributed by atoms with Gasteiger partial charge in [-0.1, -0.05) is 23.2 Å². The number of hydrogen-bond acceptors (Lipinski definition) is 4. The quantitative estimate of drug-likeness (QED) is 0.362. The van der Waals surface area contributed by atoms with Crippen molar-refractivity contribution in [3.63, 3.8) is 0 Å². The number of benzene rings is 2. The SMILES string of the molecule is COc1ccc2c(c1)c(Cl)nc1c3ccc(OC)cc3c(Cl)nc21.